The van der Waals surface area contributed by atoms with Crippen LogP contribution in [0.3, 0.4) is 0 Å². The third-order valence-corrected chi connectivity index (χ3v) is 1.71. The van der Waals surface area contributed by atoms with E-state index in [4.69, 9.17) is 9.94 Å². The maximum absolute atomic E-state index is 8.72. The molecule has 0 bridgehead atoms. The van der Waals surface area contributed by atoms with Crippen LogP contribution in [0.25, 0.3) is 6.08 Å². The first kappa shape index (κ1) is 9.61. The standard InChI is InChI=1S/C10H13NO2/c1-3-4-8-5-6-9(11-12)10(7-8)13-2/h3-7,11-12H,1-2H3. The van der Waals surface area contributed by atoms with Crippen molar-refractivity contribution in [1.29, 1.82) is 0 Å². The summed E-state index contributed by atoms with van der Waals surface area (Å²) in [6.45, 7) is 1.95. The smallest absolute Gasteiger partial charge is 0.144 e. The average molecular weight is 179 g/mol. The van der Waals surface area contributed by atoms with E-state index in [9.17, 15) is 0 Å². The molecule has 13 heavy (non-hydrogen) atoms. The number of benzene rings is 1. The summed E-state index contributed by atoms with van der Waals surface area (Å²) in [5.41, 5.74) is 3.67. The van der Waals surface area contributed by atoms with Crippen LogP contribution in [-0.4, -0.2) is 12.3 Å². The molecular weight excluding hydrogens is 166 g/mol. The Morgan fingerprint density at radius 3 is 2.77 bits per heavy atom. The summed E-state index contributed by atoms with van der Waals surface area (Å²) in [4.78, 5) is 0. The van der Waals surface area contributed by atoms with Gasteiger partial charge in [0.2, 0.25) is 0 Å². The minimum Gasteiger partial charge on any atom is -0.494 e. The lowest BCUT2D eigenvalue weighted by atomic mass is 10.2. The van der Waals surface area contributed by atoms with Gasteiger partial charge in [0.15, 0.2) is 0 Å². The van der Waals surface area contributed by atoms with Crippen LogP contribution in [0, 0.1) is 0 Å². The van der Waals surface area contributed by atoms with Crippen LogP contribution in [0.1, 0.15) is 12.5 Å². The number of hydrogen-bond acceptors (Lipinski definition) is 3. The van der Waals surface area contributed by atoms with Gasteiger partial charge in [0, 0.05) is 0 Å². The van der Waals surface area contributed by atoms with E-state index < -0.39 is 0 Å². The van der Waals surface area contributed by atoms with Gasteiger partial charge in [0.25, 0.3) is 0 Å². The van der Waals surface area contributed by atoms with Gasteiger partial charge in [-0.15, -0.1) is 0 Å². The lowest BCUT2D eigenvalue weighted by molar-refractivity contribution is 0.373. The summed E-state index contributed by atoms with van der Waals surface area (Å²) >= 11 is 0. The molecule has 0 aliphatic heterocycles. The molecule has 1 rings (SSSR count). The van der Waals surface area contributed by atoms with E-state index in [1.54, 1.807) is 13.2 Å². The summed E-state index contributed by atoms with van der Waals surface area (Å²) in [5.74, 6) is 0.623. The molecule has 0 amide bonds. The molecule has 0 fully saturated rings. The van der Waals surface area contributed by atoms with Crippen molar-refractivity contribution in [2.24, 2.45) is 0 Å². The van der Waals surface area contributed by atoms with E-state index in [0.29, 0.717) is 11.4 Å². The number of allylic oxidation sites excluding steroid dienone is 1. The predicted molar refractivity (Wildman–Crippen MR) is 53.1 cm³/mol. The van der Waals surface area contributed by atoms with Crippen molar-refractivity contribution >= 4 is 11.8 Å². The monoisotopic (exact) mass is 179 g/mol. The number of hydrogen-bond donors (Lipinski definition) is 2. The Kier molecular flexibility index (Phi) is 3.34. The van der Waals surface area contributed by atoms with Crippen LogP contribution in [-0.2, 0) is 0 Å². The summed E-state index contributed by atoms with van der Waals surface area (Å²) < 4.78 is 5.07. The van der Waals surface area contributed by atoms with E-state index in [1.807, 2.05) is 31.2 Å². The van der Waals surface area contributed by atoms with Crippen LogP contribution in [0.5, 0.6) is 5.75 Å². The molecule has 0 aliphatic rings. The fourth-order valence-electron chi connectivity index (χ4n) is 1.10. The van der Waals surface area contributed by atoms with E-state index in [0.717, 1.165) is 5.56 Å². The van der Waals surface area contributed by atoms with E-state index in [-0.39, 0.29) is 0 Å². The first-order valence-electron chi connectivity index (χ1n) is 4.02. The highest BCUT2D eigenvalue weighted by Crippen LogP contribution is 2.25. The molecule has 0 saturated carbocycles. The van der Waals surface area contributed by atoms with Gasteiger partial charge in [-0.25, -0.2) is 0 Å². The fraction of sp³-hybridized carbons (Fsp3) is 0.200. The Hall–Kier alpha value is -1.48. The summed E-state index contributed by atoms with van der Waals surface area (Å²) in [5, 5.41) is 8.72. The highest BCUT2D eigenvalue weighted by atomic mass is 16.5. The lowest BCUT2D eigenvalue weighted by Crippen LogP contribution is -1.94. The molecular formula is C10H13NO2. The minimum atomic E-state index is 0.566. The fourth-order valence-corrected chi connectivity index (χ4v) is 1.10. The number of nitrogens with one attached hydrogen (secondary N) is 1. The first-order valence-corrected chi connectivity index (χ1v) is 4.02. The molecule has 0 spiro atoms. The van der Waals surface area contributed by atoms with E-state index in [2.05, 4.69) is 5.48 Å². The normalized spacial score (nSPS) is 10.4. The molecule has 3 nitrogen and oxygen atoms in total. The number of methoxy groups -OCH3 is 1. The molecule has 1 aromatic rings. The van der Waals surface area contributed by atoms with Crippen LogP contribution in [0.2, 0.25) is 0 Å². The molecule has 0 radical (unpaired) electrons. The zero-order valence-corrected chi connectivity index (χ0v) is 7.74. The lowest BCUT2D eigenvalue weighted by Gasteiger charge is -2.07. The third-order valence-electron chi connectivity index (χ3n) is 1.71. The summed E-state index contributed by atoms with van der Waals surface area (Å²) in [6.07, 6.45) is 3.91. The van der Waals surface area contributed by atoms with E-state index in [1.165, 1.54) is 0 Å². The summed E-state index contributed by atoms with van der Waals surface area (Å²) in [6, 6.07) is 5.49. The van der Waals surface area contributed by atoms with Gasteiger partial charge in [0.1, 0.15) is 11.4 Å². The predicted octanol–water partition coefficient (Wildman–Crippen LogP) is 2.53. The summed E-state index contributed by atoms with van der Waals surface area (Å²) in [7, 11) is 1.57. The molecule has 0 unspecified atom stereocenters. The van der Waals surface area contributed by atoms with Gasteiger partial charge in [0.05, 0.1) is 7.11 Å². The second-order valence-electron chi connectivity index (χ2n) is 2.57. The highest BCUT2D eigenvalue weighted by molar-refractivity contribution is 5.62. The van der Waals surface area contributed by atoms with Crippen LogP contribution >= 0.6 is 0 Å². The largest absolute Gasteiger partial charge is 0.494 e. The Morgan fingerprint density at radius 2 is 2.23 bits per heavy atom. The molecule has 0 saturated heterocycles. The highest BCUT2D eigenvalue weighted by Gasteiger charge is 2.00. The van der Waals surface area contributed by atoms with Crippen LogP contribution < -0.4 is 10.2 Å². The van der Waals surface area contributed by atoms with Crippen molar-refractivity contribution in [2.75, 3.05) is 12.6 Å². The minimum absolute atomic E-state index is 0.566. The van der Waals surface area contributed by atoms with Crippen LogP contribution in [0.15, 0.2) is 24.3 Å². The van der Waals surface area contributed by atoms with Crippen molar-refractivity contribution < 1.29 is 9.94 Å². The zero-order chi connectivity index (χ0) is 9.68. The van der Waals surface area contributed by atoms with Crippen molar-refractivity contribution in [1.82, 2.24) is 0 Å². The Balaban J connectivity index is 3.05. The third kappa shape index (κ3) is 2.23. The quantitative estimate of drug-likeness (QED) is 0.700. The number of ether oxygens (including phenoxy) is 1. The second-order valence-corrected chi connectivity index (χ2v) is 2.57. The Morgan fingerprint density at radius 1 is 1.46 bits per heavy atom. The van der Waals surface area contributed by atoms with Gasteiger partial charge in [-0.2, -0.15) is 0 Å². The molecule has 0 heterocycles. The van der Waals surface area contributed by atoms with E-state index >= 15 is 0 Å². The molecule has 0 aromatic heterocycles. The molecule has 0 atom stereocenters. The molecule has 3 heteroatoms. The van der Waals surface area contributed by atoms with Gasteiger partial charge in [-0.3, -0.25) is 10.7 Å². The Labute approximate surface area is 77.6 Å². The molecule has 2 N–H and O–H groups in total. The number of rotatable bonds is 3. The van der Waals surface area contributed by atoms with Crippen molar-refractivity contribution in [3.05, 3.63) is 29.8 Å². The zero-order valence-electron chi connectivity index (χ0n) is 7.74. The maximum Gasteiger partial charge on any atom is 0.144 e. The second kappa shape index (κ2) is 4.52. The topological polar surface area (TPSA) is 41.5 Å². The van der Waals surface area contributed by atoms with Crippen molar-refractivity contribution in [3.8, 4) is 5.75 Å². The van der Waals surface area contributed by atoms with Gasteiger partial charge < -0.3 is 4.74 Å². The van der Waals surface area contributed by atoms with Crippen LogP contribution in [0.4, 0.5) is 5.69 Å². The molecule has 70 valence electrons. The van der Waals surface area contributed by atoms with Gasteiger partial charge in [-0.05, 0) is 24.6 Å². The van der Waals surface area contributed by atoms with Gasteiger partial charge >= 0.3 is 0 Å². The molecule has 0 aliphatic carbocycles. The van der Waals surface area contributed by atoms with Gasteiger partial charge in [-0.1, -0.05) is 18.2 Å². The average Bonchev–Trinajstić information content (AvgIpc) is 2.18. The maximum atomic E-state index is 8.72. The van der Waals surface area contributed by atoms with Crippen molar-refractivity contribution in [2.45, 2.75) is 6.92 Å². The number of anilines is 1. The Bertz CT molecular complexity index is 308. The SMILES string of the molecule is CC=Cc1ccc(NO)c(OC)c1. The molecule has 1 aromatic carbocycles. The first-order chi connectivity index (χ1) is 6.31. The van der Waals surface area contributed by atoms with Crippen molar-refractivity contribution in [3.63, 3.8) is 0 Å².